The summed E-state index contributed by atoms with van der Waals surface area (Å²) in [5, 5.41) is 22.4. The Morgan fingerprint density at radius 1 is 1.43 bits per heavy atom. The summed E-state index contributed by atoms with van der Waals surface area (Å²) in [6.07, 6.45) is 0. The molecule has 1 aromatic heterocycles. The van der Waals surface area contributed by atoms with Crippen LogP contribution in [0, 0.1) is 16.0 Å². The smallest absolute Gasteiger partial charge is 0.395 e. The summed E-state index contributed by atoms with van der Waals surface area (Å²) in [7, 11) is 0. The molecule has 0 aliphatic rings. The molecule has 0 unspecified atom stereocenters. The van der Waals surface area contributed by atoms with E-state index in [1.54, 1.807) is 4.57 Å². The van der Waals surface area contributed by atoms with E-state index in [0.717, 1.165) is 0 Å². The van der Waals surface area contributed by atoms with Gasteiger partial charge in [-0.25, -0.2) is 0 Å². The Labute approximate surface area is 123 Å². The van der Waals surface area contributed by atoms with Crippen LogP contribution in [0.4, 0.5) is 5.82 Å². The lowest BCUT2D eigenvalue weighted by molar-refractivity contribution is -0.389. The molecular weight excluding hydrogens is 276 g/mol. The zero-order chi connectivity index (χ0) is 16.2. The van der Waals surface area contributed by atoms with Crippen LogP contribution in [0.3, 0.4) is 0 Å². The lowest BCUT2D eigenvalue weighted by Gasteiger charge is -2.13. The van der Waals surface area contributed by atoms with Gasteiger partial charge in [0.2, 0.25) is 11.5 Å². The molecule has 0 saturated carbocycles. The minimum Gasteiger partial charge on any atom is -0.395 e. The van der Waals surface area contributed by atoms with Crippen molar-refractivity contribution in [1.29, 1.82) is 0 Å². The predicted molar refractivity (Wildman–Crippen MR) is 77.2 cm³/mol. The Bertz CT molecular complexity index is 522. The van der Waals surface area contributed by atoms with Gasteiger partial charge in [-0.3, -0.25) is 9.36 Å². The Morgan fingerprint density at radius 2 is 2.05 bits per heavy atom. The number of amides is 1. The second kappa shape index (κ2) is 7.16. The topological polar surface area (TPSA) is 110 Å². The molecule has 1 amide bonds. The zero-order valence-electron chi connectivity index (χ0n) is 12.8. The summed E-state index contributed by atoms with van der Waals surface area (Å²) in [5.41, 5.74) is -0.0501. The lowest BCUT2D eigenvalue weighted by Crippen LogP contribution is -2.30. The molecule has 0 aliphatic carbocycles. The van der Waals surface area contributed by atoms with E-state index in [2.05, 4.69) is 10.3 Å². The number of aromatic nitrogens is 2. The quantitative estimate of drug-likeness (QED) is 0.582. The van der Waals surface area contributed by atoms with Crippen LogP contribution in [0.15, 0.2) is 0 Å². The minimum atomic E-state index is -0.642. The Balaban J connectivity index is 3.39. The molecule has 0 aliphatic heterocycles. The van der Waals surface area contributed by atoms with E-state index >= 15 is 0 Å². The Morgan fingerprint density at radius 3 is 2.48 bits per heavy atom. The normalized spacial score (nSPS) is 11.2. The fourth-order valence-electron chi connectivity index (χ4n) is 2.05. The molecule has 1 heterocycles. The van der Waals surface area contributed by atoms with Gasteiger partial charge in [0, 0.05) is 19.0 Å². The van der Waals surface area contributed by atoms with E-state index in [1.165, 1.54) is 0 Å². The summed E-state index contributed by atoms with van der Waals surface area (Å²) in [6.45, 7) is 7.96. The summed E-state index contributed by atoms with van der Waals surface area (Å²) in [5.74, 6) is -0.335. The number of carbonyl (C=O) groups is 1. The molecular formula is C13H22N4O4. The Kier molecular flexibility index (Phi) is 5.83. The van der Waals surface area contributed by atoms with Crippen LogP contribution in [0.5, 0.6) is 0 Å². The van der Waals surface area contributed by atoms with Crippen molar-refractivity contribution in [3.8, 4) is 0 Å². The molecule has 0 atom stereocenters. The average Bonchev–Trinajstić information content (AvgIpc) is 2.74. The zero-order valence-corrected chi connectivity index (χ0v) is 12.8. The number of nitrogens with zero attached hydrogens (tertiary/aromatic N) is 3. The van der Waals surface area contributed by atoms with Crippen LogP contribution in [-0.2, 0) is 6.54 Å². The maximum atomic E-state index is 12.2. The number of hydrogen-bond acceptors (Lipinski definition) is 5. The molecule has 2 N–H and O–H groups in total. The van der Waals surface area contributed by atoms with Gasteiger partial charge >= 0.3 is 5.82 Å². The molecule has 0 aromatic carbocycles. The second-order valence-electron chi connectivity index (χ2n) is 5.54. The van der Waals surface area contributed by atoms with Crippen LogP contribution in [-0.4, -0.2) is 38.6 Å². The predicted octanol–water partition coefficient (Wildman–Crippen LogP) is 1.29. The SMILES string of the molecule is CC(C)Cn1c(C(C)C)nc([N+](=O)[O-])c1C(=O)NCCO. The molecule has 8 heteroatoms. The van der Waals surface area contributed by atoms with Gasteiger partial charge in [-0.05, 0) is 15.8 Å². The van der Waals surface area contributed by atoms with E-state index in [0.29, 0.717) is 12.4 Å². The number of aliphatic hydroxyl groups is 1. The van der Waals surface area contributed by atoms with E-state index in [9.17, 15) is 14.9 Å². The highest BCUT2D eigenvalue weighted by Gasteiger charge is 2.33. The third-order valence-corrected chi connectivity index (χ3v) is 2.83. The second-order valence-corrected chi connectivity index (χ2v) is 5.54. The summed E-state index contributed by atoms with van der Waals surface area (Å²) in [4.78, 5) is 26.7. The van der Waals surface area contributed by atoms with Crippen molar-refractivity contribution >= 4 is 11.7 Å². The summed E-state index contributed by atoms with van der Waals surface area (Å²) in [6, 6.07) is 0. The van der Waals surface area contributed by atoms with Gasteiger partial charge in [0.1, 0.15) is 0 Å². The van der Waals surface area contributed by atoms with Crippen molar-refractivity contribution in [2.45, 2.75) is 40.2 Å². The number of aliphatic hydroxyl groups excluding tert-OH is 1. The first-order valence-corrected chi connectivity index (χ1v) is 6.93. The van der Waals surface area contributed by atoms with Gasteiger partial charge < -0.3 is 20.5 Å². The number of nitro groups is 1. The Hall–Kier alpha value is -1.96. The van der Waals surface area contributed by atoms with Gasteiger partial charge in [-0.15, -0.1) is 0 Å². The van der Waals surface area contributed by atoms with Crippen LogP contribution < -0.4 is 5.32 Å². The maximum absolute atomic E-state index is 12.2. The van der Waals surface area contributed by atoms with Gasteiger partial charge in [0.05, 0.1) is 6.61 Å². The first-order valence-electron chi connectivity index (χ1n) is 6.93. The monoisotopic (exact) mass is 298 g/mol. The number of hydrogen-bond donors (Lipinski definition) is 2. The van der Waals surface area contributed by atoms with Crippen molar-refractivity contribution in [3.05, 3.63) is 21.6 Å². The maximum Gasteiger partial charge on any atom is 0.395 e. The molecule has 0 radical (unpaired) electrons. The van der Waals surface area contributed by atoms with Crippen molar-refractivity contribution in [2.75, 3.05) is 13.2 Å². The molecule has 8 nitrogen and oxygen atoms in total. The van der Waals surface area contributed by atoms with Crippen molar-refractivity contribution in [3.63, 3.8) is 0 Å². The van der Waals surface area contributed by atoms with Crippen molar-refractivity contribution in [1.82, 2.24) is 14.9 Å². The van der Waals surface area contributed by atoms with Crippen LogP contribution in [0.25, 0.3) is 0 Å². The largest absolute Gasteiger partial charge is 0.395 e. The highest BCUT2D eigenvalue weighted by molar-refractivity contribution is 5.96. The molecule has 0 bridgehead atoms. The minimum absolute atomic E-state index is 0.0400. The molecule has 0 spiro atoms. The fourth-order valence-corrected chi connectivity index (χ4v) is 2.05. The number of nitrogens with one attached hydrogen (secondary N) is 1. The van der Waals surface area contributed by atoms with Gasteiger partial charge in [0.25, 0.3) is 5.91 Å². The van der Waals surface area contributed by atoms with Crippen molar-refractivity contribution < 1.29 is 14.8 Å². The number of carbonyl (C=O) groups excluding carboxylic acids is 1. The van der Waals surface area contributed by atoms with Crippen LogP contribution in [0.1, 0.15) is 49.9 Å². The first-order chi connectivity index (χ1) is 9.79. The lowest BCUT2D eigenvalue weighted by atomic mass is 10.1. The molecule has 1 aromatic rings. The van der Waals surface area contributed by atoms with E-state index in [-0.39, 0.29) is 30.7 Å². The van der Waals surface area contributed by atoms with E-state index in [1.807, 2.05) is 27.7 Å². The number of rotatable bonds is 7. The van der Waals surface area contributed by atoms with Crippen LogP contribution >= 0.6 is 0 Å². The van der Waals surface area contributed by atoms with Gasteiger partial charge in [-0.2, -0.15) is 0 Å². The van der Waals surface area contributed by atoms with Gasteiger partial charge in [-0.1, -0.05) is 27.7 Å². The summed E-state index contributed by atoms with van der Waals surface area (Å²) >= 11 is 0. The average molecular weight is 298 g/mol. The van der Waals surface area contributed by atoms with Gasteiger partial charge in [0.15, 0.2) is 0 Å². The van der Waals surface area contributed by atoms with Crippen molar-refractivity contribution in [2.24, 2.45) is 5.92 Å². The molecule has 118 valence electrons. The molecule has 0 saturated heterocycles. The highest BCUT2D eigenvalue weighted by atomic mass is 16.6. The molecule has 1 rings (SSSR count). The molecule has 21 heavy (non-hydrogen) atoms. The standard InChI is InChI=1S/C13H22N4O4/c1-8(2)7-16-10(13(19)14-5-6-18)12(17(20)21)15-11(16)9(3)4/h8-9,18H,5-7H2,1-4H3,(H,14,19). The summed E-state index contributed by atoms with van der Waals surface area (Å²) < 4.78 is 1.61. The van der Waals surface area contributed by atoms with Crippen LogP contribution in [0.2, 0.25) is 0 Å². The third-order valence-electron chi connectivity index (χ3n) is 2.83. The van der Waals surface area contributed by atoms with E-state index < -0.39 is 16.6 Å². The molecule has 0 fully saturated rings. The first kappa shape index (κ1) is 17.1. The third kappa shape index (κ3) is 4.01. The highest BCUT2D eigenvalue weighted by Crippen LogP contribution is 2.25. The van der Waals surface area contributed by atoms with E-state index in [4.69, 9.17) is 5.11 Å². The number of imidazole rings is 1. The fraction of sp³-hybridized carbons (Fsp3) is 0.692.